The number of hydrogen-bond donors (Lipinski definition) is 1. The lowest BCUT2D eigenvalue weighted by Crippen LogP contribution is -2.52. The van der Waals surface area contributed by atoms with E-state index in [4.69, 9.17) is 23.2 Å². The topological polar surface area (TPSA) is 43.8 Å². The lowest BCUT2D eigenvalue weighted by atomic mass is 9.98. The molecule has 2 atom stereocenters. The minimum Gasteiger partial charge on any atom is -0.478 e. The molecule has 174 valence electrons. The van der Waals surface area contributed by atoms with Crippen molar-refractivity contribution in [2.75, 3.05) is 19.6 Å². The molecule has 0 bridgehead atoms. The van der Waals surface area contributed by atoms with E-state index in [1.165, 1.54) is 6.07 Å². The largest absolute Gasteiger partial charge is 0.478 e. The van der Waals surface area contributed by atoms with E-state index in [0.717, 1.165) is 43.6 Å². The highest BCUT2D eigenvalue weighted by Gasteiger charge is 2.32. The molecule has 0 aromatic heterocycles. The van der Waals surface area contributed by atoms with Crippen molar-refractivity contribution in [1.29, 1.82) is 0 Å². The van der Waals surface area contributed by atoms with Crippen LogP contribution in [-0.2, 0) is 6.54 Å². The first kappa shape index (κ1) is 25.3. The molecule has 4 rings (SSSR count). The summed E-state index contributed by atoms with van der Waals surface area (Å²) >= 11 is 12.4. The molecule has 8 heteroatoms. The number of nitrogens with zero attached hydrogens (tertiary/aromatic N) is 2. The van der Waals surface area contributed by atoms with Crippen molar-refractivity contribution in [3.63, 3.8) is 0 Å². The summed E-state index contributed by atoms with van der Waals surface area (Å²) in [6.45, 7) is 7.54. The van der Waals surface area contributed by atoms with E-state index >= 15 is 0 Å². The molecule has 0 radical (unpaired) electrons. The number of carboxylic acid groups (broad SMARTS) is 1. The van der Waals surface area contributed by atoms with Crippen LogP contribution in [0, 0.1) is 5.82 Å². The number of rotatable bonds is 6. The fourth-order valence-electron chi connectivity index (χ4n) is 4.75. The maximum Gasteiger partial charge on any atom is 0.338 e. The standard InChI is InChI=1S/C24H27Cl2FN2O2.ClH/c1-14-12-28(5-6-29(14)15(2)18-9-19(25)11-20(26)10-18)13-16-7-21(17-3-4-17)23(24(30)31)22(27)8-16;/h7-11,14-15,17H,3-6,12-13H2,1-2H3,(H,30,31);1H/t14-,15+;/m0./s1. The van der Waals surface area contributed by atoms with Gasteiger partial charge in [-0.05, 0) is 73.6 Å². The number of aromatic carboxylic acids is 1. The van der Waals surface area contributed by atoms with Gasteiger partial charge in [0, 0.05) is 48.3 Å². The zero-order valence-electron chi connectivity index (χ0n) is 18.2. The summed E-state index contributed by atoms with van der Waals surface area (Å²) in [4.78, 5) is 16.2. The average Bonchev–Trinajstić information content (AvgIpc) is 3.51. The highest BCUT2D eigenvalue weighted by molar-refractivity contribution is 6.34. The molecule has 2 fully saturated rings. The van der Waals surface area contributed by atoms with Crippen LogP contribution in [0.5, 0.6) is 0 Å². The Hall–Kier alpha value is -1.37. The van der Waals surface area contributed by atoms with E-state index < -0.39 is 11.8 Å². The molecule has 1 saturated heterocycles. The molecule has 2 aromatic rings. The SMILES string of the molecule is C[C@H](c1cc(Cl)cc(Cl)c1)N1CCN(Cc2cc(F)c(C(=O)O)c(C3CC3)c2)C[C@@H]1C.Cl. The first-order valence-electron chi connectivity index (χ1n) is 10.7. The van der Waals surface area contributed by atoms with Gasteiger partial charge in [0.15, 0.2) is 0 Å². The van der Waals surface area contributed by atoms with Crippen LogP contribution >= 0.6 is 35.6 Å². The van der Waals surface area contributed by atoms with Gasteiger partial charge in [0.2, 0.25) is 0 Å². The Morgan fingerprint density at radius 1 is 1.16 bits per heavy atom. The Kier molecular flexibility index (Phi) is 8.11. The average molecular weight is 502 g/mol. The van der Waals surface area contributed by atoms with Gasteiger partial charge < -0.3 is 5.11 Å². The summed E-state index contributed by atoms with van der Waals surface area (Å²) in [5.41, 5.74) is 2.44. The van der Waals surface area contributed by atoms with E-state index in [-0.39, 0.29) is 29.9 Å². The predicted octanol–water partition coefficient (Wildman–Crippen LogP) is 6.40. The summed E-state index contributed by atoms with van der Waals surface area (Å²) in [5.74, 6) is -1.62. The number of hydrogen-bond acceptors (Lipinski definition) is 3. The normalized spacial score (nSPS) is 20.6. The van der Waals surface area contributed by atoms with Crippen LogP contribution in [0.2, 0.25) is 10.0 Å². The van der Waals surface area contributed by atoms with E-state index in [1.54, 1.807) is 6.07 Å². The summed E-state index contributed by atoms with van der Waals surface area (Å²) in [6, 6.07) is 9.44. The van der Waals surface area contributed by atoms with Gasteiger partial charge in [-0.3, -0.25) is 9.80 Å². The molecular formula is C24H28Cl3FN2O2. The van der Waals surface area contributed by atoms with Crippen molar-refractivity contribution in [2.24, 2.45) is 0 Å². The Bertz CT molecular complexity index is 979. The number of benzene rings is 2. The van der Waals surface area contributed by atoms with Gasteiger partial charge in [0.1, 0.15) is 5.82 Å². The Balaban J connectivity index is 0.00000289. The number of carboxylic acids is 1. The molecule has 0 unspecified atom stereocenters. The molecule has 1 aliphatic carbocycles. The molecule has 1 aliphatic heterocycles. The molecule has 1 heterocycles. The summed E-state index contributed by atoms with van der Waals surface area (Å²) in [7, 11) is 0. The summed E-state index contributed by atoms with van der Waals surface area (Å²) in [5, 5.41) is 10.7. The Morgan fingerprint density at radius 2 is 1.81 bits per heavy atom. The van der Waals surface area contributed by atoms with Crippen molar-refractivity contribution in [3.8, 4) is 0 Å². The van der Waals surface area contributed by atoms with Gasteiger partial charge >= 0.3 is 5.97 Å². The van der Waals surface area contributed by atoms with Gasteiger partial charge in [-0.25, -0.2) is 9.18 Å². The maximum atomic E-state index is 14.6. The third-order valence-corrected chi connectivity index (χ3v) is 6.88. The van der Waals surface area contributed by atoms with E-state index in [1.807, 2.05) is 18.2 Å². The molecule has 4 nitrogen and oxygen atoms in total. The zero-order chi connectivity index (χ0) is 22.3. The highest BCUT2D eigenvalue weighted by Crippen LogP contribution is 2.43. The van der Waals surface area contributed by atoms with Crippen molar-refractivity contribution in [2.45, 2.75) is 51.2 Å². The van der Waals surface area contributed by atoms with Crippen LogP contribution in [0.4, 0.5) is 4.39 Å². The minimum absolute atomic E-state index is 0. The fourth-order valence-corrected chi connectivity index (χ4v) is 5.29. The quantitative estimate of drug-likeness (QED) is 0.497. The van der Waals surface area contributed by atoms with Crippen LogP contribution in [0.25, 0.3) is 0 Å². The maximum absolute atomic E-state index is 14.6. The van der Waals surface area contributed by atoms with E-state index in [0.29, 0.717) is 28.2 Å². The van der Waals surface area contributed by atoms with Gasteiger partial charge in [0.25, 0.3) is 0 Å². The minimum atomic E-state index is -1.18. The molecule has 1 saturated carbocycles. The van der Waals surface area contributed by atoms with Crippen LogP contribution < -0.4 is 0 Å². The second kappa shape index (κ2) is 10.3. The zero-order valence-corrected chi connectivity index (χ0v) is 20.5. The lowest BCUT2D eigenvalue weighted by Gasteiger charge is -2.43. The molecule has 2 aliphatic rings. The van der Waals surface area contributed by atoms with Crippen molar-refractivity contribution < 1.29 is 14.3 Å². The van der Waals surface area contributed by atoms with Gasteiger partial charge in [0.05, 0.1) is 5.56 Å². The first-order chi connectivity index (χ1) is 14.7. The third-order valence-electron chi connectivity index (χ3n) is 6.45. The predicted molar refractivity (Wildman–Crippen MR) is 129 cm³/mol. The van der Waals surface area contributed by atoms with Crippen molar-refractivity contribution >= 4 is 41.6 Å². The van der Waals surface area contributed by atoms with Gasteiger partial charge in [-0.1, -0.05) is 29.3 Å². The molecule has 0 spiro atoms. The van der Waals surface area contributed by atoms with E-state index in [2.05, 4.69) is 23.6 Å². The second-order valence-electron chi connectivity index (χ2n) is 8.82. The smallest absolute Gasteiger partial charge is 0.338 e. The van der Waals surface area contributed by atoms with Gasteiger partial charge in [-0.2, -0.15) is 0 Å². The van der Waals surface area contributed by atoms with Crippen LogP contribution in [0.3, 0.4) is 0 Å². The van der Waals surface area contributed by atoms with Crippen LogP contribution in [-0.4, -0.2) is 46.6 Å². The number of carbonyl (C=O) groups is 1. The van der Waals surface area contributed by atoms with Crippen LogP contribution in [0.1, 0.15) is 65.7 Å². The fraction of sp³-hybridized carbons (Fsp3) is 0.458. The van der Waals surface area contributed by atoms with Crippen molar-refractivity contribution in [1.82, 2.24) is 9.80 Å². The Labute approximate surface area is 204 Å². The van der Waals surface area contributed by atoms with Crippen LogP contribution in [0.15, 0.2) is 30.3 Å². The molecule has 0 amide bonds. The first-order valence-corrected chi connectivity index (χ1v) is 11.5. The van der Waals surface area contributed by atoms with Crippen molar-refractivity contribution in [3.05, 3.63) is 68.4 Å². The highest BCUT2D eigenvalue weighted by atomic mass is 35.5. The van der Waals surface area contributed by atoms with E-state index in [9.17, 15) is 14.3 Å². The summed E-state index contributed by atoms with van der Waals surface area (Å²) in [6.07, 6.45) is 1.87. The van der Waals surface area contributed by atoms with Gasteiger partial charge in [-0.15, -0.1) is 12.4 Å². The third kappa shape index (κ3) is 5.57. The molecule has 32 heavy (non-hydrogen) atoms. The monoisotopic (exact) mass is 500 g/mol. The number of piperazine rings is 1. The summed E-state index contributed by atoms with van der Waals surface area (Å²) < 4.78 is 14.6. The second-order valence-corrected chi connectivity index (χ2v) is 9.69. The lowest BCUT2D eigenvalue weighted by molar-refractivity contribution is 0.0504. The Morgan fingerprint density at radius 3 is 2.38 bits per heavy atom. The number of halogens is 4. The molecular weight excluding hydrogens is 474 g/mol. The molecule has 1 N–H and O–H groups in total. The molecule has 2 aromatic carbocycles.